The van der Waals surface area contributed by atoms with Crippen LogP contribution in [0.2, 0.25) is 0 Å². The SMILES string of the molecule is O=C(O)C(=Cc1ccc(-c2ccc(O)cc2)o1)NC(=O)c1ccccc1. The van der Waals surface area contributed by atoms with E-state index >= 15 is 0 Å². The van der Waals surface area contributed by atoms with Crippen molar-refractivity contribution in [3.63, 3.8) is 0 Å². The number of amides is 1. The van der Waals surface area contributed by atoms with E-state index in [0.717, 1.165) is 5.56 Å². The fraction of sp³-hybridized carbons (Fsp3) is 0. The molecule has 3 aromatic rings. The van der Waals surface area contributed by atoms with Gasteiger partial charge in [0.15, 0.2) is 0 Å². The minimum absolute atomic E-state index is 0.136. The van der Waals surface area contributed by atoms with Crippen molar-refractivity contribution >= 4 is 18.0 Å². The summed E-state index contributed by atoms with van der Waals surface area (Å²) in [7, 11) is 0. The maximum Gasteiger partial charge on any atom is 0.352 e. The second-order valence-corrected chi connectivity index (χ2v) is 5.43. The van der Waals surface area contributed by atoms with Crippen LogP contribution in [-0.2, 0) is 4.79 Å². The first kappa shape index (κ1) is 17.0. The number of rotatable bonds is 5. The summed E-state index contributed by atoms with van der Waals surface area (Å²) in [5.41, 5.74) is 0.780. The molecule has 0 saturated heterocycles. The average Bonchev–Trinajstić information content (AvgIpc) is 3.11. The lowest BCUT2D eigenvalue weighted by Gasteiger charge is -2.05. The van der Waals surface area contributed by atoms with Crippen LogP contribution in [0.4, 0.5) is 0 Å². The number of hydrogen-bond acceptors (Lipinski definition) is 4. The van der Waals surface area contributed by atoms with Crippen LogP contribution in [0.1, 0.15) is 16.1 Å². The van der Waals surface area contributed by atoms with Crippen LogP contribution in [0.25, 0.3) is 17.4 Å². The van der Waals surface area contributed by atoms with E-state index in [1.165, 1.54) is 18.2 Å². The van der Waals surface area contributed by atoms with Crippen LogP contribution in [0, 0.1) is 0 Å². The minimum Gasteiger partial charge on any atom is -0.508 e. The molecule has 0 bridgehead atoms. The maximum absolute atomic E-state index is 12.1. The summed E-state index contributed by atoms with van der Waals surface area (Å²) >= 11 is 0. The number of carbonyl (C=O) groups is 2. The summed E-state index contributed by atoms with van der Waals surface area (Å²) in [6, 6.07) is 18.0. The van der Waals surface area contributed by atoms with Gasteiger partial charge in [0.05, 0.1) is 0 Å². The zero-order valence-electron chi connectivity index (χ0n) is 13.5. The molecule has 2 aromatic carbocycles. The van der Waals surface area contributed by atoms with Crippen LogP contribution >= 0.6 is 0 Å². The zero-order valence-corrected chi connectivity index (χ0v) is 13.5. The summed E-state index contributed by atoms with van der Waals surface area (Å²) in [4.78, 5) is 23.6. The number of nitrogens with one attached hydrogen (secondary N) is 1. The van der Waals surface area contributed by atoms with Crippen LogP contribution in [0.5, 0.6) is 5.75 Å². The lowest BCUT2D eigenvalue weighted by molar-refractivity contribution is -0.132. The van der Waals surface area contributed by atoms with Crippen molar-refractivity contribution in [3.8, 4) is 17.1 Å². The molecule has 6 nitrogen and oxygen atoms in total. The maximum atomic E-state index is 12.1. The smallest absolute Gasteiger partial charge is 0.352 e. The molecule has 0 atom stereocenters. The molecule has 1 amide bonds. The summed E-state index contributed by atoms with van der Waals surface area (Å²) in [5.74, 6) is -0.882. The molecule has 0 fully saturated rings. The Morgan fingerprint density at radius 1 is 0.923 bits per heavy atom. The minimum atomic E-state index is -1.28. The molecule has 1 aromatic heterocycles. The van der Waals surface area contributed by atoms with Crippen molar-refractivity contribution in [2.45, 2.75) is 0 Å². The molecule has 0 spiro atoms. The number of hydrogen-bond donors (Lipinski definition) is 3. The highest BCUT2D eigenvalue weighted by Gasteiger charge is 2.14. The van der Waals surface area contributed by atoms with E-state index in [9.17, 15) is 19.8 Å². The quantitative estimate of drug-likeness (QED) is 0.612. The third-order valence-corrected chi connectivity index (χ3v) is 3.58. The molecular weight excluding hydrogens is 334 g/mol. The molecule has 0 unspecified atom stereocenters. The number of carboxylic acid groups (broad SMARTS) is 1. The van der Waals surface area contributed by atoms with Crippen molar-refractivity contribution in [3.05, 3.63) is 83.8 Å². The number of aromatic hydroxyl groups is 1. The molecule has 0 aliphatic rings. The Morgan fingerprint density at radius 2 is 1.62 bits per heavy atom. The highest BCUT2D eigenvalue weighted by Crippen LogP contribution is 2.25. The van der Waals surface area contributed by atoms with Crippen molar-refractivity contribution in [1.29, 1.82) is 0 Å². The largest absolute Gasteiger partial charge is 0.508 e. The number of furan rings is 1. The van der Waals surface area contributed by atoms with Gasteiger partial charge in [-0.2, -0.15) is 0 Å². The van der Waals surface area contributed by atoms with Crippen LogP contribution in [-0.4, -0.2) is 22.1 Å². The molecule has 130 valence electrons. The first-order valence-corrected chi connectivity index (χ1v) is 7.73. The van der Waals surface area contributed by atoms with Gasteiger partial charge in [-0.15, -0.1) is 0 Å². The van der Waals surface area contributed by atoms with Gasteiger partial charge in [0, 0.05) is 17.2 Å². The first-order chi connectivity index (χ1) is 12.5. The predicted octanol–water partition coefficient (Wildman–Crippen LogP) is 3.51. The fourth-order valence-corrected chi connectivity index (χ4v) is 2.29. The Hall–Kier alpha value is -3.80. The Morgan fingerprint density at radius 3 is 2.27 bits per heavy atom. The van der Waals surface area contributed by atoms with Gasteiger partial charge in [-0.1, -0.05) is 18.2 Å². The van der Waals surface area contributed by atoms with Gasteiger partial charge >= 0.3 is 5.97 Å². The summed E-state index contributed by atoms with van der Waals surface area (Å²) in [6.07, 6.45) is 1.24. The van der Waals surface area contributed by atoms with E-state index < -0.39 is 11.9 Å². The van der Waals surface area contributed by atoms with Crippen molar-refractivity contribution in [2.75, 3.05) is 0 Å². The van der Waals surface area contributed by atoms with Gasteiger partial charge in [0.1, 0.15) is 23.0 Å². The Kier molecular flexibility index (Phi) is 4.85. The second kappa shape index (κ2) is 7.40. The molecule has 6 heteroatoms. The lowest BCUT2D eigenvalue weighted by atomic mass is 10.2. The normalized spacial score (nSPS) is 11.2. The molecule has 0 aliphatic heterocycles. The Balaban J connectivity index is 1.82. The second-order valence-electron chi connectivity index (χ2n) is 5.43. The predicted molar refractivity (Wildman–Crippen MR) is 95.3 cm³/mol. The highest BCUT2D eigenvalue weighted by molar-refractivity contribution is 6.02. The molecular formula is C20H15NO5. The number of phenolic OH excluding ortho intramolecular Hbond substituents is 1. The number of carboxylic acids is 1. The third kappa shape index (κ3) is 3.99. The molecule has 3 N–H and O–H groups in total. The highest BCUT2D eigenvalue weighted by atomic mass is 16.4. The Labute approximate surface area is 149 Å². The van der Waals surface area contributed by atoms with E-state index in [1.54, 1.807) is 54.6 Å². The fourth-order valence-electron chi connectivity index (χ4n) is 2.29. The number of benzene rings is 2. The van der Waals surface area contributed by atoms with Crippen molar-refractivity contribution < 1.29 is 24.2 Å². The van der Waals surface area contributed by atoms with Gasteiger partial charge in [-0.25, -0.2) is 4.79 Å². The standard InChI is InChI=1S/C20H15NO5/c22-15-8-6-13(7-9-15)18-11-10-16(26-18)12-17(20(24)25)21-19(23)14-4-2-1-3-5-14/h1-12,22H,(H,21,23)(H,24,25). The van der Waals surface area contributed by atoms with Crippen LogP contribution in [0.3, 0.4) is 0 Å². The van der Waals surface area contributed by atoms with Gasteiger partial charge in [-0.3, -0.25) is 4.79 Å². The van der Waals surface area contributed by atoms with Gasteiger partial charge in [-0.05, 0) is 48.5 Å². The monoisotopic (exact) mass is 349 g/mol. The number of phenols is 1. The van der Waals surface area contributed by atoms with Crippen molar-refractivity contribution in [2.24, 2.45) is 0 Å². The lowest BCUT2D eigenvalue weighted by Crippen LogP contribution is -2.27. The Bertz CT molecular complexity index is 955. The topological polar surface area (TPSA) is 99.8 Å². The van der Waals surface area contributed by atoms with Gasteiger partial charge in [0.2, 0.25) is 0 Å². The molecule has 1 heterocycles. The van der Waals surface area contributed by atoms with E-state index in [4.69, 9.17) is 4.42 Å². The van der Waals surface area contributed by atoms with Crippen molar-refractivity contribution in [1.82, 2.24) is 5.32 Å². The van der Waals surface area contributed by atoms with Gasteiger partial charge < -0.3 is 19.9 Å². The zero-order chi connectivity index (χ0) is 18.5. The number of aliphatic carboxylic acids is 1. The van der Waals surface area contributed by atoms with Crippen LogP contribution < -0.4 is 5.32 Å². The third-order valence-electron chi connectivity index (χ3n) is 3.58. The van der Waals surface area contributed by atoms with Crippen LogP contribution in [0.15, 0.2) is 76.8 Å². The van der Waals surface area contributed by atoms with E-state index in [2.05, 4.69) is 5.32 Å². The molecule has 0 saturated carbocycles. The van der Waals surface area contributed by atoms with Gasteiger partial charge in [0.25, 0.3) is 5.91 Å². The molecule has 3 rings (SSSR count). The summed E-state index contributed by atoms with van der Waals surface area (Å²) in [6.45, 7) is 0. The first-order valence-electron chi connectivity index (χ1n) is 7.73. The molecule has 26 heavy (non-hydrogen) atoms. The van der Waals surface area contributed by atoms with E-state index in [1.807, 2.05) is 0 Å². The summed E-state index contributed by atoms with van der Waals surface area (Å²) in [5, 5.41) is 21.0. The summed E-state index contributed by atoms with van der Waals surface area (Å²) < 4.78 is 5.60. The molecule has 0 radical (unpaired) electrons. The van der Waals surface area contributed by atoms with E-state index in [0.29, 0.717) is 11.3 Å². The average molecular weight is 349 g/mol. The molecule has 0 aliphatic carbocycles. The van der Waals surface area contributed by atoms with E-state index in [-0.39, 0.29) is 17.2 Å². The number of carbonyl (C=O) groups excluding carboxylic acids is 1.